The molecule has 0 rings (SSSR count). The van der Waals surface area contributed by atoms with Crippen molar-refractivity contribution in [2.75, 3.05) is 6.01 Å². The lowest BCUT2D eigenvalue weighted by atomic mass is 11.8. The average Bonchev–Trinajstić information content (AvgIpc) is 1.35. The van der Waals surface area contributed by atoms with Gasteiger partial charge >= 0.3 is 0 Å². The molecular weight excluding hydrogens is 142 g/mol. The molecule has 1 N–H and O–H groups in total. The highest BCUT2D eigenvalue weighted by Crippen LogP contribution is 1.77. The molecule has 6 heteroatoms. The Morgan fingerprint density at radius 3 is 1.71 bits per heavy atom. The van der Waals surface area contributed by atoms with Crippen LogP contribution in [0.4, 0.5) is 4.39 Å². The Labute approximate surface area is 44.3 Å². The molecule has 0 amide bonds. The molecule has 0 saturated carbocycles. The summed E-state index contributed by atoms with van der Waals surface area (Å²) in [4.78, 5) is 0. The Balaban J connectivity index is 0. The second-order valence-corrected chi connectivity index (χ2v) is 2.07. The first-order chi connectivity index (χ1) is 2.56. The topological polar surface area (TPSA) is 54.4 Å². The zero-order chi connectivity index (χ0) is 5.21. The predicted octanol–water partition coefficient (Wildman–Crippen LogP) is -0.141. The first-order valence-corrected chi connectivity index (χ1v) is 2.68. The van der Waals surface area contributed by atoms with Crippen molar-refractivity contribution in [1.29, 1.82) is 0 Å². The zero-order valence-electron chi connectivity index (χ0n) is 3.46. The quantitative estimate of drug-likeness (QED) is 0.416. The van der Waals surface area contributed by atoms with Gasteiger partial charge in [-0.1, -0.05) is 0 Å². The standard InChI is InChI=1S/CH3FO3S.H3P/c2-1-6(3,4)5;/h1H2,(H,3,4,5);1H3. The van der Waals surface area contributed by atoms with Crippen LogP contribution in [0.25, 0.3) is 0 Å². The van der Waals surface area contributed by atoms with Gasteiger partial charge in [-0.25, -0.2) is 4.39 Å². The summed E-state index contributed by atoms with van der Waals surface area (Å²) in [6.07, 6.45) is 0. The van der Waals surface area contributed by atoms with Gasteiger partial charge in [-0.15, -0.1) is 0 Å². The minimum absolute atomic E-state index is 0. The van der Waals surface area contributed by atoms with E-state index < -0.39 is 16.1 Å². The number of halogens is 1. The largest absolute Gasteiger partial charge is 0.294 e. The van der Waals surface area contributed by atoms with Gasteiger partial charge in [0.2, 0.25) is 6.01 Å². The molecule has 7 heavy (non-hydrogen) atoms. The monoisotopic (exact) mass is 148 g/mol. The molecule has 0 saturated heterocycles. The molecule has 0 fully saturated rings. The van der Waals surface area contributed by atoms with Crippen LogP contribution in [0, 0.1) is 0 Å². The third kappa shape index (κ3) is 10.7. The van der Waals surface area contributed by atoms with E-state index in [9.17, 15) is 12.8 Å². The molecule has 46 valence electrons. The van der Waals surface area contributed by atoms with E-state index in [1.165, 1.54) is 0 Å². The molecule has 0 radical (unpaired) electrons. The van der Waals surface area contributed by atoms with E-state index in [2.05, 4.69) is 0 Å². The van der Waals surface area contributed by atoms with Crippen LogP contribution >= 0.6 is 9.90 Å². The molecule has 1 unspecified atom stereocenters. The van der Waals surface area contributed by atoms with Gasteiger partial charge in [0.15, 0.2) is 0 Å². The molecule has 0 spiro atoms. The fourth-order valence-electron chi connectivity index (χ4n) is 0. The van der Waals surface area contributed by atoms with Crippen molar-refractivity contribution in [2.24, 2.45) is 0 Å². The second-order valence-electron chi connectivity index (χ2n) is 0.691. The molecule has 0 aliphatic rings. The molecule has 1 atom stereocenters. The third-order valence-corrected chi connectivity index (χ3v) is 0.414. The SMILES string of the molecule is O=S(=O)(O)CF.P. The molecule has 0 heterocycles. The van der Waals surface area contributed by atoms with Crippen LogP contribution in [0.15, 0.2) is 0 Å². The van der Waals surface area contributed by atoms with E-state index in [0.29, 0.717) is 0 Å². The summed E-state index contributed by atoms with van der Waals surface area (Å²) >= 11 is 0. The molecule has 3 nitrogen and oxygen atoms in total. The van der Waals surface area contributed by atoms with E-state index >= 15 is 0 Å². The summed E-state index contributed by atoms with van der Waals surface area (Å²) in [5.74, 6) is 0. The minimum atomic E-state index is -4.33. The van der Waals surface area contributed by atoms with Gasteiger partial charge < -0.3 is 0 Å². The fraction of sp³-hybridized carbons (Fsp3) is 1.00. The lowest BCUT2D eigenvalue weighted by Gasteiger charge is -1.77. The van der Waals surface area contributed by atoms with E-state index in [4.69, 9.17) is 4.55 Å². The first-order valence-electron chi connectivity index (χ1n) is 1.07. The van der Waals surface area contributed by atoms with Crippen molar-refractivity contribution in [1.82, 2.24) is 0 Å². The zero-order valence-corrected chi connectivity index (χ0v) is 5.69. The van der Waals surface area contributed by atoms with Gasteiger partial charge in [0.25, 0.3) is 10.1 Å². The maximum Gasteiger partial charge on any atom is 0.294 e. The predicted molar refractivity (Wildman–Crippen MR) is 28.6 cm³/mol. The fourth-order valence-corrected chi connectivity index (χ4v) is 0. The summed E-state index contributed by atoms with van der Waals surface area (Å²) < 4.78 is 36.4. The Bertz CT molecular complexity index is 117. The van der Waals surface area contributed by atoms with Crippen LogP contribution < -0.4 is 0 Å². The maximum atomic E-state index is 10.7. The van der Waals surface area contributed by atoms with Gasteiger partial charge in [0.05, 0.1) is 0 Å². The maximum absolute atomic E-state index is 10.7. The Morgan fingerprint density at radius 1 is 1.57 bits per heavy atom. The Kier molecular flexibility index (Phi) is 4.84. The van der Waals surface area contributed by atoms with Crippen LogP contribution in [-0.4, -0.2) is 19.0 Å². The molecular formula is CH6FO3PS. The summed E-state index contributed by atoms with van der Waals surface area (Å²) in [7, 11) is -4.33. The average molecular weight is 148 g/mol. The molecule has 0 aliphatic carbocycles. The van der Waals surface area contributed by atoms with Crippen LogP contribution in [0.5, 0.6) is 0 Å². The number of hydrogen-bond acceptors (Lipinski definition) is 2. The van der Waals surface area contributed by atoms with Crippen LogP contribution in [0.3, 0.4) is 0 Å². The van der Waals surface area contributed by atoms with Crippen molar-refractivity contribution in [3.63, 3.8) is 0 Å². The normalized spacial score (nSPS) is 10.0. The van der Waals surface area contributed by atoms with E-state index in [1.807, 2.05) is 0 Å². The van der Waals surface area contributed by atoms with Crippen LogP contribution in [-0.2, 0) is 10.1 Å². The van der Waals surface area contributed by atoms with Crippen LogP contribution in [0.2, 0.25) is 0 Å². The van der Waals surface area contributed by atoms with Crippen molar-refractivity contribution in [2.45, 2.75) is 0 Å². The lowest BCUT2D eigenvalue weighted by molar-refractivity contribution is 0.447. The summed E-state index contributed by atoms with van der Waals surface area (Å²) in [5.41, 5.74) is 0. The smallest absolute Gasteiger partial charge is 0.284 e. The van der Waals surface area contributed by atoms with Gasteiger partial charge in [-0.05, 0) is 0 Å². The number of hydrogen-bond donors (Lipinski definition) is 1. The van der Waals surface area contributed by atoms with E-state index in [0.717, 1.165) is 0 Å². The van der Waals surface area contributed by atoms with Crippen molar-refractivity contribution in [3.8, 4) is 0 Å². The summed E-state index contributed by atoms with van der Waals surface area (Å²) in [6.45, 7) is 0. The van der Waals surface area contributed by atoms with Crippen molar-refractivity contribution >= 4 is 20.0 Å². The highest BCUT2D eigenvalue weighted by atomic mass is 32.2. The highest BCUT2D eigenvalue weighted by Gasteiger charge is 1.97. The molecule has 0 bridgehead atoms. The third-order valence-electron chi connectivity index (χ3n) is 0.138. The van der Waals surface area contributed by atoms with Crippen LogP contribution in [0.1, 0.15) is 0 Å². The highest BCUT2D eigenvalue weighted by molar-refractivity contribution is 7.85. The Hall–Kier alpha value is 0.270. The first kappa shape index (κ1) is 10.3. The van der Waals surface area contributed by atoms with Crippen molar-refractivity contribution < 1.29 is 17.4 Å². The molecule has 0 aromatic heterocycles. The summed E-state index contributed by atoms with van der Waals surface area (Å²) in [6, 6.07) is -1.70. The Morgan fingerprint density at radius 2 is 1.71 bits per heavy atom. The number of rotatable bonds is 1. The van der Waals surface area contributed by atoms with E-state index in [-0.39, 0.29) is 9.90 Å². The van der Waals surface area contributed by atoms with Gasteiger partial charge in [0, 0.05) is 0 Å². The number of alkyl halides is 1. The molecule has 0 aliphatic heterocycles. The summed E-state index contributed by atoms with van der Waals surface area (Å²) in [5, 5.41) is 0. The van der Waals surface area contributed by atoms with Gasteiger partial charge in [-0.3, -0.25) is 4.55 Å². The van der Waals surface area contributed by atoms with E-state index in [1.54, 1.807) is 0 Å². The molecule has 0 aromatic rings. The molecule has 0 aromatic carbocycles. The van der Waals surface area contributed by atoms with Gasteiger partial charge in [0.1, 0.15) is 0 Å². The van der Waals surface area contributed by atoms with Crippen molar-refractivity contribution in [3.05, 3.63) is 0 Å². The second kappa shape index (κ2) is 3.29. The van der Waals surface area contributed by atoms with Gasteiger partial charge in [-0.2, -0.15) is 18.3 Å². The minimum Gasteiger partial charge on any atom is -0.284 e. The lowest BCUT2D eigenvalue weighted by Crippen LogP contribution is -1.96.